The Labute approximate surface area is 240 Å². The summed E-state index contributed by atoms with van der Waals surface area (Å²) < 4.78 is 91.2. The number of nitrogens with zero attached hydrogens (tertiary/aromatic N) is 1. The molecule has 2 atom stereocenters. The Bertz CT molecular complexity index is 823. The zero-order valence-corrected chi connectivity index (χ0v) is 23.8. The van der Waals surface area contributed by atoms with Gasteiger partial charge >= 0.3 is 5.97 Å². The van der Waals surface area contributed by atoms with Crippen molar-refractivity contribution in [3.63, 3.8) is 0 Å². The van der Waals surface area contributed by atoms with E-state index in [-0.39, 0.29) is 6.42 Å². The second-order valence-corrected chi connectivity index (χ2v) is 11.3. The maximum absolute atomic E-state index is 12.0. The number of quaternary nitrogens is 1. The lowest BCUT2D eigenvalue weighted by Crippen LogP contribution is -2.37. The van der Waals surface area contributed by atoms with Crippen molar-refractivity contribution < 1.29 is 50.0 Å². The largest absolute Gasteiger partial charge is 0.756 e. The van der Waals surface area contributed by atoms with Gasteiger partial charge in [-0.05, 0) is 6.42 Å². The highest BCUT2D eigenvalue weighted by molar-refractivity contribution is 7.45. The van der Waals surface area contributed by atoms with Gasteiger partial charge in [-0.15, -0.1) is 0 Å². The third-order valence-corrected chi connectivity index (χ3v) is 6.99. The van der Waals surface area contributed by atoms with E-state index in [2.05, 4.69) is 16.0 Å². The molecule has 0 rings (SSSR count). The number of esters is 1. The molecule has 0 saturated heterocycles. The molecule has 0 bridgehead atoms. The molecule has 9 heteroatoms. The molecule has 0 fully saturated rings. The van der Waals surface area contributed by atoms with Crippen molar-refractivity contribution in [3.05, 3.63) is 0 Å². The van der Waals surface area contributed by atoms with E-state index in [9.17, 15) is 19.4 Å². The van der Waals surface area contributed by atoms with Gasteiger partial charge in [-0.3, -0.25) is 9.36 Å². The molecule has 0 aliphatic heterocycles. The van der Waals surface area contributed by atoms with Crippen molar-refractivity contribution in [2.45, 2.75) is 129 Å². The van der Waals surface area contributed by atoms with Crippen molar-refractivity contribution in [2.24, 2.45) is 0 Å². The lowest BCUT2D eigenvalue weighted by atomic mass is 10.0. The molecular weight excluding hydrogens is 493 g/mol. The first kappa shape index (κ1) is 23.2. The smallest absolute Gasteiger partial charge is 0.305 e. The molecule has 1 unspecified atom stereocenters. The predicted octanol–water partition coefficient (Wildman–Crippen LogP) is 6.14. The number of rotatable bonds is 27. The first-order chi connectivity index (χ1) is 21.3. The molecule has 0 radical (unpaired) electrons. The van der Waals surface area contributed by atoms with Crippen LogP contribution < -0.4 is 4.89 Å². The van der Waals surface area contributed by atoms with Gasteiger partial charge in [0.15, 0.2) is 0 Å². The first-order valence-corrected chi connectivity index (χ1v) is 15.6. The molecule has 0 aliphatic carbocycles. The number of carbonyl (C=O) groups excluding carboxylic acids is 1. The average Bonchev–Trinajstić information content (AvgIpc) is 2.92. The molecule has 37 heavy (non-hydrogen) atoms. The summed E-state index contributed by atoms with van der Waals surface area (Å²) in [7, 11) is -5.20. The first-order valence-electron chi connectivity index (χ1n) is 18.6. The number of phosphoric acid groups is 1. The molecule has 0 saturated carbocycles. The third kappa shape index (κ3) is 28.3. The Morgan fingerprint density at radius 2 is 1.27 bits per heavy atom. The van der Waals surface area contributed by atoms with E-state index in [1.165, 1.54) is 83.5 Å². The van der Waals surface area contributed by atoms with E-state index in [1.807, 2.05) is 0 Å². The van der Waals surface area contributed by atoms with E-state index in [1.54, 1.807) is 0 Å². The van der Waals surface area contributed by atoms with E-state index < -0.39 is 71.7 Å². The lowest BCUT2D eigenvalue weighted by Gasteiger charge is -2.27. The fraction of sp³-hybridized carbons (Fsp3) is 0.964. The summed E-state index contributed by atoms with van der Waals surface area (Å²) in [6, 6.07) is 0. The van der Waals surface area contributed by atoms with E-state index >= 15 is 0 Å². The van der Waals surface area contributed by atoms with Gasteiger partial charge in [0.1, 0.15) is 25.9 Å². The van der Waals surface area contributed by atoms with Gasteiger partial charge < -0.3 is 28.3 Å². The van der Waals surface area contributed by atoms with E-state index in [0.29, 0.717) is 6.42 Å². The van der Waals surface area contributed by atoms with Crippen LogP contribution in [0.1, 0.15) is 135 Å². The van der Waals surface area contributed by atoms with Gasteiger partial charge in [0, 0.05) is 6.42 Å². The Balaban J connectivity index is 4.04. The molecule has 0 aromatic heterocycles. The minimum absolute atomic E-state index is 0.159. The van der Waals surface area contributed by atoms with Gasteiger partial charge in [0.2, 0.25) is 0 Å². The summed E-state index contributed by atoms with van der Waals surface area (Å²) in [6.45, 7) is -12.2. The van der Waals surface area contributed by atoms with Crippen molar-refractivity contribution in [1.29, 1.82) is 0 Å². The van der Waals surface area contributed by atoms with Crippen LogP contribution in [0, 0.1) is 0 Å². The maximum atomic E-state index is 12.0. The number of likely N-dealkylation sites (N-methyl/N-ethyl adjacent to an activating group) is 1. The van der Waals surface area contributed by atoms with E-state index in [4.69, 9.17) is 17.1 Å². The fourth-order valence-electron chi connectivity index (χ4n) is 3.81. The monoisotopic (exact) mass is 560 g/mol. The third-order valence-electron chi connectivity index (χ3n) is 6.02. The minimum Gasteiger partial charge on any atom is -0.756 e. The number of ether oxygens (including phenoxy) is 1. The molecule has 0 aliphatic rings. The molecule has 8 nitrogen and oxygen atoms in total. The summed E-state index contributed by atoms with van der Waals surface area (Å²) in [5.74, 6) is -0.547. The number of unbranched alkanes of at least 4 members (excludes halogenated alkanes) is 16. The van der Waals surface area contributed by atoms with Crippen LogP contribution in [-0.2, 0) is 23.1 Å². The van der Waals surface area contributed by atoms with Crippen molar-refractivity contribution >= 4 is 13.8 Å². The number of hydrogen-bond acceptors (Lipinski definition) is 7. The highest BCUT2D eigenvalue weighted by Gasteiger charge is 2.16. The van der Waals surface area contributed by atoms with Crippen LogP contribution in [0.2, 0.25) is 0 Å². The SMILES string of the molecule is [2H]C([2H])([2H])[N+](CCOP(=O)([O-])OC[C@H](O)COC(=O)CCCCCCCCCCCCCCCCCCC)(C([2H])([2H])[2H])C([2H])([2H])[2H]. The summed E-state index contributed by atoms with van der Waals surface area (Å²) in [5.41, 5.74) is 0. The second kappa shape index (κ2) is 23.4. The van der Waals surface area contributed by atoms with E-state index in [0.717, 1.165) is 19.3 Å². The molecule has 0 amide bonds. The van der Waals surface area contributed by atoms with Gasteiger partial charge in [-0.2, -0.15) is 0 Å². The van der Waals surface area contributed by atoms with Gasteiger partial charge in [-0.25, -0.2) is 0 Å². The van der Waals surface area contributed by atoms with Crippen LogP contribution in [-0.4, -0.2) is 69.0 Å². The van der Waals surface area contributed by atoms with Gasteiger partial charge in [0.05, 0.1) is 39.9 Å². The normalized spacial score (nSPS) is 19.1. The summed E-state index contributed by atoms with van der Waals surface area (Å²) >= 11 is 0. The fourth-order valence-corrected chi connectivity index (χ4v) is 4.54. The van der Waals surface area contributed by atoms with Crippen LogP contribution >= 0.6 is 7.82 Å². The van der Waals surface area contributed by atoms with Crippen molar-refractivity contribution in [1.82, 2.24) is 0 Å². The van der Waals surface area contributed by atoms with Crippen LogP contribution in [0.25, 0.3) is 0 Å². The van der Waals surface area contributed by atoms with Gasteiger partial charge in [-0.1, -0.05) is 110 Å². The molecule has 0 aromatic rings. The minimum atomic E-state index is -5.20. The van der Waals surface area contributed by atoms with Gasteiger partial charge in [0.25, 0.3) is 7.82 Å². The standard InChI is InChI=1S/C28H58NO7P/c1-5-6-7-8-9-10-11-12-13-14-15-16-17-18-19-20-21-22-28(31)34-25-27(30)26-36-37(32,33)35-24-23-29(2,3)4/h27,30H,5-26H2,1-4H3/t27-/m1/s1/i2D3,3D3,4D3. The highest BCUT2D eigenvalue weighted by Crippen LogP contribution is 2.38. The molecule has 222 valence electrons. The second-order valence-electron chi connectivity index (χ2n) is 9.85. The number of carbonyl (C=O) groups is 1. The molecular formula is C28H58NO7P. The average molecular weight is 561 g/mol. The molecule has 0 aromatic carbocycles. The quantitative estimate of drug-likeness (QED) is 0.0557. The predicted molar refractivity (Wildman–Crippen MR) is 148 cm³/mol. The molecule has 0 heterocycles. The Kier molecular flexibility index (Phi) is 14.7. The number of phosphoric ester groups is 1. The molecule has 1 N–H and O–H groups in total. The Morgan fingerprint density at radius 1 is 0.811 bits per heavy atom. The summed E-state index contributed by atoms with van der Waals surface area (Å²) in [5, 5.41) is 9.91. The van der Waals surface area contributed by atoms with Crippen LogP contribution in [0.4, 0.5) is 0 Å². The zero-order chi connectivity index (χ0) is 35.3. The van der Waals surface area contributed by atoms with Crippen LogP contribution in [0.3, 0.4) is 0 Å². The van der Waals surface area contributed by atoms with Crippen molar-refractivity contribution in [3.8, 4) is 0 Å². The summed E-state index contributed by atoms with van der Waals surface area (Å²) in [6.07, 6.45) is 19.4. The Hall–Kier alpha value is -0.500. The van der Waals surface area contributed by atoms with Crippen LogP contribution in [0.5, 0.6) is 0 Å². The lowest BCUT2D eigenvalue weighted by molar-refractivity contribution is -0.870. The number of aliphatic hydroxyl groups excluding tert-OH is 1. The number of hydrogen-bond donors (Lipinski definition) is 1. The van der Waals surface area contributed by atoms with Crippen LogP contribution in [0.15, 0.2) is 0 Å². The zero-order valence-electron chi connectivity index (χ0n) is 31.9. The number of aliphatic hydroxyl groups is 1. The molecule has 0 spiro atoms. The summed E-state index contributed by atoms with van der Waals surface area (Å²) in [4.78, 5) is 24.0. The maximum Gasteiger partial charge on any atom is 0.305 e. The topological polar surface area (TPSA) is 105 Å². The Morgan fingerprint density at radius 3 is 1.73 bits per heavy atom. The highest BCUT2D eigenvalue weighted by atomic mass is 31.2. The van der Waals surface area contributed by atoms with Crippen molar-refractivity contribution in [2.75, 3.05) is 47.3 Å².